The summed E-state index contributed by atoms with van der Waals surface area (Å²) in [6, 6.07) is 7.05. The number of carbonyl (C=O) groups excluding carboxylic acids is 2. The molecule has 2 aliphatic rings. The second kappa shape index (κ2) is 6.36. The molecule has 22 heavy (non-hydrogen) atoms. The van der Waals surface area contributed by atoms with Gasteiger partial charge in [0.05, 0.1) is 13.2 Å². The number of rotatable bonds is 3. The molecule has 0 radical (unpaired) electrons. The van der Waals surface area contributed by atoms with Crippen molar-refractivity contribution in [3.63, 3.8) is 0 Å². The van der Waals surface area contributed by atoms with Gasteiger partial charge in [0, 0.05) is 19.5 Å². The Morgan fingerprint density at radius 3 is 2.73 bits per heavy atom. The molecular weight excluding hydrogens is 284 g/mol. The van der Waals surface area contributed by atoms with Gasteiger partial charge in [-0.05, 0) is 18.6 Å². The van der Waals surface area contributed by atoms with Crippen molar-refractivity contribution in [2.45, 2.75) is 25.5 Å². The highest BCUT2D eigenvalue weighted by atomic mass is 16.5. The molecule has 2 atom stereocenters. The van der Waals surface area contributed by atoms with Crippen LogP contribution in [-0.2, 0) is 20.7 Å². The van der Waals surface area contributed by atoms with Crippen LogP contribution in [0.15, 0.2) is 24.3 Å². The van der Waals surface area contributed by atoms with Crippen LogP contribution >= 0.6 is 0 Å². The summed E-state index contributed by atoms with van der Waals surface area (Å²) in [6.07, 6.45) is -0.0159. The van der Waals surface area contributed by atoms with Crippen LogP contribution in [0.25, 0.3) is 0 Å². The Balaban J connectivity index is 1.54. The maximum absolute atomic E-state index is 12.3. The fourth-order valence-corrected chi connectivity index (χ4v) is 2.75. The smallest absolute Gasteiger partial charge is 0.262 e. The third-order valence-electron chi connectivity index (χ3n) is 3.99. The van der Waals surface area contributed by atoms with Crippen LogP contribution < -0.4 is 10.1 Å². The normalized spacial score (nSPS) is 21.7. The molecule has 6 heteroatoms. The summed E-state index contributed by atoms with van der Waals surface area (Å²) < 4.78 is 10.9. The molecule has 2 heterocycles. The van der Waals surface area contributed by atoms with Gasteiger partial charge in [0.1, 0.15) is 11.8 Å². The number of nitrogens with zero attached hydrogens (tertiary/aromatic N) is 1. The minimum Gasteiger partial charge on any atom is -0.480 e. The standard InChI is InChI=1S/C16H20N2O4/c1-11(16(20)18-6-8-21-9-7-18)17-15(19)14-10-12-4-2-3-5-13(12)22-14/h2-5,11,14H,6-10H2,1H3,(H,17,19)/t11-,14+/m0/s1. The van der Waals surface area contributed by atoms with Gasteiger partial charge in [0.15, 0.2) is 6.10 Å². The second-order valence-corrected chi connectivity index (χ2v) is 5.59. The maximum atomic E-state index is 12.3. The summed E-state index contributed by atoms with van der Waals surface area (Å²) in [4.78, 5) is 26.3. The third kappa shape index (κ3) is 3.06. The van der Waals surface area contributed by atoms with Gasteiger partial charge in [-0.15, -0.1) is 0 Å². The van der Waals surface area contributed by atoms with E-state index in [0.29, 0.717) is 32.7 Å². The molecule has 0 unspecified atom stereocenters. The molecule has 0 aliphatic carbocycles. The van der Waals surface area contributed by atoms with Crippen molar-refractivity contribution < 1.29 is 19.1 Å². The molecular formula is C16H20N2O4. The van der Waals surface area contributed by atoms with Crippen LogP contribution in [-0.4, -0.2) is 55.2 Å². The number of amides is 2. The SMILES string of the molecule is C[C@H](NC(=O)[C@H]1Cc2ccccc2O1)C(=O)N1CCOCC1. The summed E-state index contributed by atoms with van der Waals surface area (Å²) in [7, 11) is 0. The van der Waals surface area contributed by atoms with E-state index in [1.54, 1.807) is 11.8 Å². The van der Waals surface area contributed by atoms with Crippen LogP contribution in [0.3, 0.4) is 0 Å². The average Bonchev–Trinajstić information content (AvgIpc) is 2.99. The summed E-state index contributed by atoms with van der Waals surface area (Å²) >= 11 is 0. The van der Waals surface area contributed by atoms with Crippen molar-refractivity contribution in [2.24, 2.45) is 0 Å². The number of para-hydroxylation sites is 1. The first kappa shape index (κ1) is 14.8. The Bertz CT molecular complexity index is 544. The predicted molar refractivity (Wildman–Crippen MR) is 79.6 cm³/mol. The number of ether oxygens (including phenoxy) is 2. The van der Waals surface area contributed by atoms with Gasteiger partial charge >= 0.3 is 0 Å². The molecule has 0 aromatic heterocycles. The van der Waals surface area contributed by atoms with Crippen molar-refractivity contribution in [3.05, 3.63) is 29.8 Å². The first-order valence-corrected chi connectivity index (χ1v) is 7.56. The lowest BCUT2D eigenvalue weighted by Crippen LogP contribution is -2.52. The Morgan fingerprint density at radius 2 is 2.00 bits per heavy atom. The van der Waals surface area contributed by atoms with Gasteiger partial charge in [-0.3, -0.25) is 9.59 Å². The quantitative estimate of drug-likeness (QED) is 0.875. The Hall–Kier alpha value is -2.08. The minimum absolute atomic E-state index is 0.0767. The first-order valence-electron chi connectivity index (χ1n) is 7.56. The van der Waals surface area contributed by atoms with Crippen molar-refractivity contribution in [1.82, 2.24) is 10.2 Å². The largest absolute Gasteiger partial charge is 0.480 e. The maximum Gasteiger partial charge on any atom is 0.262 e. The lowest BCUT2D eigenvalue weighted by molar-refractivity contribution is -0.140. The number of morpholine rings is 1. The molecule has 1 N–H and O–H groups in total. The molecule has 3 rings (SSSR count). The van der Waals surface area contributed by atoms with E-state index < -0.39 is 12.1 Å². The fraction of sp³-hybridized carbons (Fsp3) is 0.500. The van der Waals surface area contributed by atoms with Crippen molar-refractivity contribution >= 4 is 11.8 Å². The van der Waals surface area contributed by atoms with E-state index >= 15 is 0 Å². The first-order chi connectivity index (χ1) is 10.6. The van der Waals surface area contributed by atoms with Gasteiger partial charge in [-0.1, -0.05) is 18.2 Å². The minimum atomic E-state index is -0.558. The van der Waals surface area contributed by atoms with Gasteiger partial charge in [0.2, 0.25) is 5.91 Å². The molecule has 0 saturated carbocycles. The van der Waals surface area contributed by atoms with Gasteiger partial charge in [0.25, 0.3) is 5.91 Å². The molecule has 2 amide bonds. The van der Waals surface area contributed by atoms with Gasteiger partial charge < -0.3 is 19.7 Å². The zero-order chi connectivity index (χ0) is 15.5. The summed E-state index contributed by atoms with van der Waals surface area (Å²) in [5.74, 6) is 0.423. The zero-order valence-electron chi connectivity index (χ0n) is 12.6. The number of hydrogen-bond acceptors (Lipinski definition) is 4. The topological polar surface area (TPSA) is 67.9 Å². The molecule has 1 fully saturated rings. The molecule has 1 aromatic carbocycles. The fourth-order valence-electron chi connectivity index (χ4n) is 2.75. The highest BCUT2D eigenvalue weighted by molar-refractivity contribution is 5.89. The van der Waals surface area contributed by atoms with Crippen molar-refractivity contribution in [2.75, 3.05) is 26.3 Å². The van der Waals surface area contributed by atoms with Crippen LogP contribution in [0.4, 0.5) is 0 Å². The molecule has 6 nitrogen and oxygen atoms in total. The van der Waals surface area contributed by atoms with E-state index in [2.05, 4.69) is 5.32 Å². The van der Waals surface area contributed by atoms with Crippen molar-refractivity contribution in [1.29, 1.82) is 0 Å². The molecule has 1 saturated heterocycles. The molecule has 118 valence electrons. The van der Waals surface area contributed by atoms with E-state index in [-0.39, 0.29) is 11.8 Å². The average molecular weight is 304 g/mol. The monoisotopic (exact) mass is 304 g/mol. The summed E-state index contributed by atoms with van der Waals surface area (Å²) in [6.45, 7) is 3.95. The van der Waals surface area contributed by atoms with Crippen molar-refractivity contribution in [3.8, 4) is 5.75 Å². The predicted octanol–water partition coefficient (Wildman–Crippen LogP) is 0.354. The lowest BCUT2D eigenvalue weighted by atomic mass is 10.1. The molecule has 1 aromatic rings. The summed E-state index contributed by atoms with van der Waals surface area (Å²) in [5, 5.41) is 2.76. The second-order valence-electron chi connectivity index (χ2n) is 5.59. The Labute approximate surface area is 129 Å². The molecule has 2 aliphatic heterocycles. The third-order valence-corrected chi connectivity index (χ3v) is 3.99. The van der Waals surface area contributed by atoms with E-state index in [9.17, 15) is 9.59 Å². The van der Waals surface area contributed by atoms with Crippen LogP contribution in [0, 0.1) is 0 Å². The lowest BCUT2D eigenvalue weighted by Gasteiger charge is -2.29. The Morgan fingerprint density at radius 1 is 1.27 bits per heavy atom. The number of nitrogens with one attached hydrogen (secondary N) is 1. The highest BCUT2D eigenvalue weighted by Gasteiger charge is 2.31. The van der Waals surface area contributed by atoms with Gasteiger partial charge in [-0.25, -0.2) is 0 Å². The Kier molecular flexibility index (Phi) is 4.29. The highest BCUT2D eigenvalue weighted by Crippen LogP contribution is 2.28. The van der Waals surface area contributed by atoms with E-state index in [4.69, 9.17) is 9.47 Å². The van der Waals surface area contributed by atoms with Crippen LogP contribution in [0.1, 0.15) is 12.5 Å². The van der Waals surface area contributed by atoms with Crippen LogP contribution in [0.5, 0.6) is 5.75 Å². The molecule has 0 spiro atoms. The number of fused-ring (bicyclic) bond motifs is 1. The number of carbonyl (C=O) groups is 2. The van der Waals surface area contributed by atoms with E-state index in [1.165, 1.54) is 0 Å². The van der Waals surface area contributed by atoms with E-state index in [0.717, 1.165) is 11.3 Å². The van der Waals surface area contributed by atoms with Gasteiger partial charge in [-0.2, -0.15) is 0 Å². The summed E-state index contributed by atoms with van der Waals surface area (Å²) in [5.41, 5.74) is 1.02. The number of benzene rings is 1. The van der Waals surface area contributed by atoms with E-state index in [1.807, 2.05) is 24.3 Å². The number of hydrogen-bond donors (Lipinski definition) is 1. The molecule has 0 bridgehead atoms. The van der Waals surface area contributed by atoms with Crippen LogP contribution in [0.2, 0.25) is 0 Å². The zero-order valence-corrected chi connectivity index (χ0v) is 12.6.